The lowest BCUT2D eigenvalue weighted by Crippen LogP contribution is -2.44. The van der Waals surface area contributed by atoms with E-state index in [0.717, 1.165) is 25.4 Å². The van der Waals surface area contributed by atoms with Crippen molar-refractivity contribution in [3.63, 3.8) is 0 Å². The van der Waals surface area contributed by atoms with Gasteiger partial charge in [0.1, 0.15) is 0 Å². The van der Waals surface area contributed by atoms with E-state index < -0.39 is 0 Å². The summed E-state index contributed by atoms with van der Waals surface area (Å²) in [6, 6.07) is 8.96. The average Bonchev–Trinajstić information content (AvgIpc) is 2.28. The van der Waals surface area contributed by atoms with Gasteiger partial charge < -0.3 is 10.6 Å². The van der Waals surface area contributed by atoms with Crippen LogP contribution in [0.15, 0.2) is 24.3 Å². The van der Waals surface area contributed by atoms with E-state index in [1.165, 1.54) is 17.7 Å². The first-order valence-corrected chi connectivity index (χ1v) is 6.29. The summed E-state index contributed by atoms with van der Waals surface area (Å²) in [6.45, 7) is 6.69. The molecule has 0 spiro atoms. The molecule has 0 fully saturated rings. The van der Waals surface area contributed by atoms with E-state index in [1.807, 2.05) is 0 Å². The Kier molecular flexibility index (Phi) is 3.49. The van der Waals surface area contributed by atoms with E-state index >= 15 is 0 Å². The average molecular weight is 218 g/mol. The summed E-state index contributed by atoms with van der Waals surface area (Å²) >= 11 is 0. The van der Waals surface area contributed by atoms with Crippen LogP contribution in [0.25, 0.3) is 0 Å². The third-order valence-corrected chi connectivity index (χ3v) is 3.50. The van der Waals surface area contributed by atoms with Gasteiger partial charge in [0.2, 0.25) is 0 Å². The highest BCUT2D eigenvalue weighted by atomic mass is 15.2. The summed E-state index contributed by atoms with van der Waals surface area (Å²) in [5.41, 5.74) is 8.92. The SMILES string of the molecule is CCC(C)CN1CC(N)Cc2ccccc21. The molecule has 2 unspecified atom stereocenters. The topological polar surface area (TPSA) is 29.3 Å². The Labute approximate surface area is 98.4 Å². The number of nitrogens with two attached hydrogens (primary N) is 1. The van der Waals surface area contributed by atoms with Crippen molar-refractivity contribution in [1.29, 1.82) is 0 Å². The molecule has 1 aromatic carbocycles. The number of nitrogens with zero attached hydrogens (tertiary/aromatic N) is 1. The monoisotopic (exact) mass is 218 g/mol. The van der Waals surface area contributed by atoms with Gasteiger partial charge in [-0.2, -0.15) is 0 Å². The molecule has 0 aliphatic carbocycles. The maximum Gasteiger partial charge on any atom is 0.0399 e. The molecule has 2 atom stereocenters. The van der Waals surface area contributed by atoms with Crippen molar-refractivity contribution in [3.8, 4) is 0 Å². The molecule has 1 aromatic rings. The number of hydrogen-bond donors (Lipinski definition) is 1. The number of benzene rings is 1. The minimum absolute atomic E-state index is 0.291. The van der Waals surface area contributed by atoms with E-state index in [1.54, 1.807) is 0 Å². The van der Waals surface area contributed by atoms with E-state index in [0.29, 0.717) is 6.04 Å². The second kappa shape index (κ2) is 4.88. The quantitative estimate of drug-likeness (QED) is 0.844. The summed E-state index contributed by atoms with van der Waals surface area (Å²) in [7, 11) is 0. The third-order valence-electron chi connectivity index (χ3n) is 3.50. The number of hydrogen-bond acceptors (Lipinski definition) is 2. The molecule has 0 saturated carbocycles. The molecule has 2 rings (SSSR count). The molecule has 2 N–H and O–H groups in total. The van der Waals surface area contributed by atoms with Gasteiger partial charge in [-0.3, -0.25) is 0 Å². The van der Waals surface area contributed by atoms with Gasteiger partial charge in [-0.15, -0.1) is 0 Å². The second-order valence-corrected chi connectivity index (χ2v) is 5.01. The Balaban J connectivity index is 2.20. The van der Waals surface area contributed by atoms with Crippen LogP contribution in [0.2, 0.25) is 0 Å². The van der Waals surface area contributed by atoms with Crippen LogP contribution in [0.5, 0.6) is 0 Å². The Morgan fingerprint density at radius 1 is 1.44 bits per heavy atom. The van der Waals surface area contributed by atoms with Crippen molar-refractivity contribution in [2.24, 2.45) is 11.7 Å². The van der Waals surface area contributed by atoms with E-state index in [2.05, 4.69) is 43.0 Å². The number of anilines is 1. The molecule has 1 heterocycles. The minimum atomic E-state index is 0.291. The normalized spacial score (nSPS) is 21.7. The van der Waals surface area contributed by atoms with Crippen LogP contribution >= 0.6 is 0 Å². The predicted octanol–water partition coefficient (Wildman–Crippen LogP) is 2.42. The smallest absolute Gasteiger partial charge is 0.0399 e. The van der Waals surface area contributed by atoms with Crippen LogP contribution in [0.1, 0.15) is 25.8 Å². The first kappa shape index (κ1) is 11.5. The molecule has 16 heavy (non-hydrogen) atoms. The Morgan fingerprint density at radius 3 is 2.94 bits per heavy atom. The van der Waals surface area contributed by atoms with Crippen LogP contribution in [-0.2, 0) is 6.42 Å². The van der Waals surface area contributed by atoms with Gasteiger partial charge in [0.05, 0.1) is 0 Å². The van der Waals surface area contributed by atoms with Gasteiger partial charge in [0, 0.05) is 24.8 Å². The fraction of sp³-hybridized carbons (Fsp3) is 0.571. The Morgan fingerprint density at radius 2 is 2.19 bits per heavy atom. The van der Waals surface area contributed by atoms with Gasteiger partial charge in [0.15, 0.2) is 0 Å². The minimum Gasteiger partial charge on any atom is -0.369 e. The Bertz CT molecular complexity index is 348. The molecule has 0 saturated heterocycles. The first-order chi connectivity index (χ1) is 7.70. The van der Waals surface area contributed by atoms with Gasteiger partial charge in [-0.1, -0.05) is 38.5 Å². The van der Waals surface area contributed by atoms with Gasteiger partial charge in [-0.05, 0) is 24.0 Å². The van der Waals surface area contributed by atoms with Crippen LogP contribution < -0.4 is 10.6 Å². The highest BCUT2D eigenvalue weighted by Crippen LogP contribution is 2.27. The summed E-state index contributed by atoms with van der Waals surface area (Å²) in [5.74, 6) is 0.735. The molecule has 0 radical (unpaired) electrons. The van der Waals surface area contributed by atoms with Crippen molar-refractivity contribution in [2.75, 3.05) is 18.0 Å². The first-order valence-electron chi connectivity index (χ1n) is 6.29. The van der Waals surface area contributed by atoms with Crippen molar-refractivity contribution in [1.82, 2.24) is 0 Å². The molecular weight excluding hydrogens is 196 g/mol. The van der Waals surface area contributed by atoms with Crippen molar-refractivity contribution in [3.05, 3.63) is 29.8 Å². The zero-order valence-electron chi connectivity index (χ0n) is 10.3. The summed E-state index contributed by atoms with van der Waals surface area (Å²) in [6.07, 6.45) is 2.25. The van der Waals surface area contributed by atoms with Gasteiger partial charge in [0.25, 0.3) is 0 Å². The molecule has 1 aliphatic rings. The number of rotatable bonds is 3. The van der Waals surface area contributed by atoms with Gasteiger partial charge >= 0.3 is 0 Å². The van der Waals surface area contributed by atoms with Gasteiger partial charge in [-0.25, -0.2) is 0 Å². The molecule has 1 aliphatic heterocycles. The van der Waals surface area contributed by atoms with Crippen molar-refractivity contribution >= 4 is 5.69 Å². The van der Waals surface area contributed by atoms with Crippen LogP contribution in [0.4, 0.5) is 5.69 Å². The highest BCUT2D eigenvalue weighted by molar-refractivity contribution is 5.56. The summed E-state index contributed by atoms with van der Waals surface area (Å²) in [4.78, 5) is 2.46. The largest absolute Gasteiger partial charge is 0.369 e. The van der Waals surface area contributed by atoms with E-state index in [4.69, 9.17) is 5.73 Å². The summed E-state index contributed by atoms with van der Waals surface area (Å²) in [5, 5.41) is 0. The lowest BCUT2D eigenvalue weighted by atomic mass is 9.97. The lowest BCUT2D eigenvalue weighted by molar-refractivity contribution is 0.509. The molecule has 2 nitrogen and oxygen atoms in total. The molecule has 0 bridgehead atoms. The predicted molar refractivity (Wildman–Crippen MR) is 69.8 cm³/mol. The van der Waals surface area contributed by atoms with Crippen molar-refractivity contribution < 1.29 is 0 Å². The number of fused-ring (bicyclic) bond motifs is 1. The highest BCUT2D eigenvalue weighted by Gasteiger charge is 2.22. The molecule has 88 valence electrons. The molecular formula is C14H22N2. The fourth-order valence-corrected chi connectivity index (χ4v) is 2.40. The van der Waals surface area contributed by atoms with E-state index in [9.17, 15) is 0 Å². The summed E-state index contributed by atoms with van der Waals surface area (Å²) < 4.78 is 0. The standard InChI is InChI=1S/C14H22N2/c1-3-11(2)9-16-10-13(15)8-12-6-4-5-7-14(12)16/h4-7,11,13H,3,8-10,15H2,1-2H3. The molecule has 0 aromatic heterocycles. The lowest BCUT2D eigenvalue weighted by Gasteiger charge is -2.36. The number of para-hydroxylation sites is 1. The third kappa shape index (κ3) is 2.38. The zero-order valence-corrected chi connectivity index (χ0v) is 10.3. The van der Waals surface area contributed by atoms with Crippen LogP contribution in [-0.4, -0.2) is 19.1 Å². The van der Waals surface area contributed by atoms with Crippen molar-refractivity contribution in [2.45, 2.75) is 32.7 Å². The van der Waals surface area contributed by atoms with Crippen LogP contribution in [0.3, 0.4) is 0 Å². The fourth-order valence-electron chi connectivity index (χ4n) is 2.40. The Hall–Kier alpha value is -1.02. The molecule has 2 heteroatoms. The maximum atomic E-state index is 6.12. The van der Waals surface area contributed by atoms with E-state index in [-0.39, 0.29) is 0 Å². The zero-order chi connectivity index (χ0) is 11.5. The second-order valence-electron chi connectivity index (χ2n) is 5.01. The maximum absolute atomic E-state index is 6.12. The van der Waals surface area contributed by atoms with Crippen LogP contribution in [0, 0.1) is 5.92 Å². The molecule has 0 amide bonds.